The predicted molar refractivity (Wildman–Crippen MR) is 73.1 cm³/mol. The highest BCUT2D eigenvalue weighted by Crippen LogP contribution is 2.25. The molecule has 0 amide bonds. The molecule has 0 saturated heterocycles. The number of hydrogen-bond acceptors (Lipinski definition) is 1. The lowest BCUT2D eigenvalue weighted by Gasteiger charge is -2.18. The second kappa shape index (κ2) is 5.93. The van der Waals surface area contributed by atoms with E-state index in [1.807, 2.05) is 24.3 Å². The van der Waals surface area contributed by atoms with Crippen molar-refractivity contribution in [3.05, 3.63) is 70.8 Å². The summed E-state index contributed by atoms with van der Waals surface area (Å²) in [4.78, 5) is 0. The smallest absolute Gasteiger partial charge is 0.163 e. The molecule has 0 aliphatic carbocycles. The molecule has 1 atom stereocenters. The van der Waals surface area contributed by atoms with Crippen molar-refractivity contribution in [3.8, 4) is 0 Å². The fourth-order valence-corrected chi connectivity index (χ4v) is 2.19. The number of aryl methyl sites for hydroxylation is 1. The summed E-state index contributed by atoms with van der Waals surface area (Å²) in [5.74, 6) is -1.61. The monoisotopic (exact) mass is 261 g/mol. The van der Waals surface area contributed by atoms with Crippen LogP contribution in [0.4, 0.5) is 8.78 Å². The van der Waals surface area contributed by atoms with E-state index >= 15 is 0 Å². The van der Waals surface area contributed by atoms with Crippen molar-refractivity contribution < 1.29 is 8.78 Å². The summed E-state index contributed by atoms with van der Waals surface area (Å²) in [6.45, 7) is 2.08. The van der Waals surface area contributed by atoms with Crippen LogP contribution in [0.15, 0.2) is 42.5 Å². The van der Waals surface area contributed by atoms with Gasteiger partial charge in [0, 0.05) is 5.56 Å². The third-order valence-electron chi connectivity index (χ3n) is 3.30. The van der Waals surface area contributed by atoms with E-state index in [0.29, 0.717) is 5.56 Å². The van der Waals surface area contributed by atoms with Gasteiger partial charge in [0.25, 0.3) is 0 Å². The average Bonchev–Trinajstić information content (AvgIpc) is 2.45. The summed E-state index contributed by atoms with van der Waals surface area (Å²) in [6, 6.07) is 11.8. The van der Waals surface area contributed by atoms with E-state index in [0.717, 1.165) is 18.1 Å². The molecule has 0 radical (unpaired) electrons. The van der Waals surface area contributed by atoms with Crippen molar-refractivity contribution in [3.63, 3.8) is 0 Å². The Morgan fingerprint density at radius 2 is 1.74 bits per heavy atom. The molecule has 0 bridgehead atoms. The zero-order valence-corrected chi connectivity index (χ0v) is 11.1. The molecule has 1 unspecified atom stereocenters. The molecule has 0 aliphatic rings. The first-order valence-corrected chi connectivity index (χ1v) is 6.37. The largest absolute Gasteiger partial charge is 0.309 e. The van der Waals surface area contributed by atoms with Gasteiger partial charge in [0.05, 0.1) is 6.04 Å². The minimum absolute atomic E-state index is 0.326. The molecule has 0 saturated carbocycles. The van der Waals surface area contributed by atoms with Crippen LogP contribution in [0.3, 0.4) is 0 Å². The Kier molecular flexibility index (Phi) is 4.27. The van der Waals surface area contributed by atoms with Gasteiger partial charge in [-0.25, -0.2) is 8.78 Å². The van der Waals surface area contributed by atoms with Crippen molar-refractivity contribution in [1.82, 2.24) is 5.32 Å². The second-order valence-electron chi connectivity index (χ2n) is 4.46. The van der Waals surface area contributed by atoms with E-state index in [4.69, 9.17) is 0 Å². The maximum atomic E-state index is 13.9. The summed E-state index contributed by atoms with van der Waals surface area (Å²) < 4.78 is 27.2. The Morgan fingerprint density at radius 1 is 1.05 bits per heavy atom. The van der Waals surface area contributed by atoms with E-state index in [-0.39, 0.29) is 6.04 Å². The minimum atomic E-state index is -0.817. The number of nitrogens with one attached hydrogen (secondary N) is 1. The lowest BCUT2D eigenvalue weighted by atomic mass is 9.97. The second-order valence-corrected chi connectivity index (χ2v) is 4.46. The molecular formula is C16H17F2N. The Labute approximate surface area is 112 Å². The van der Waals surface area contributed by atoms with Gasteiger partial charge >= 0.3 is 0 Å². The van der Waals surface area contributed by atoms with Crippen LogP contribution < -0.4 is 5.32 Å². The van der Waals surface area contributed by atoms with Crippen LogP contribution in [0.25, 0.3) is 0 Å². The predicted octanol–water partition coefficient (Wildman–Crippen LogP) is 3.84. The van der Waals surface area contributed by atoms with Crippen molar-refractivity contribution in [2.24, 2.45) is 0 Å². The quantitative estimate of drug-likeness (QED) is 0.881. The summed E-state index contributed by atoms with van der Waals surface area (Å²) in [6.07, 6.45) is 0.957. The SMILES string of the molecule is CCc1ccc(C(NC)c2cccc(F)c2F)cc1. The Hall–Kier alpha value is -1.74. The van der Waals surface area contributed by atoms with Crippen LogP contribution >= 0.6 is 0 Å². The van der Waals surface area contributed by atoms with Gasteiger partial charge in [-0.15, -0.1) is 0 Å². The maximum Gasteiger partial charge on any atom is 0.163 e. The van der Waals surface area contributed by atoms with Crippen LogP contribution in [0.2, 0.25) is 0 Å². The molecule has 100 valence electrons. The summed E-state index contributed by atoms with van der Waals surface area (Å²) >= 11 is 0. The van der Waals surface area contributed by atoms with Crippen molar-refractivity contribution in [2.45, 2.75) is 19.4 Å². The zero-order valence-electron chi connectivity index (χ0n) is 11.1. The molecule has 2 aromatic rings. The molecule has 19 heavy (non-hydrogen) atoms. The lowest BCUT2D eigenvalue weighted by molar-refractivity contribution is 0.487. The molecule has 0 heterocycles. The highest BCUT2D eigenvalue weighted by molar-refractivity contribution is 5.34. The molecule has 2 aromatic carbocycles. The highest BCUT2D eigenvalue weighted by atomic mass is 19.2. The molecular weight excluding hydrogens is 244 g/mol. The zero-order chi connectivity index (χ0) is 13.8. The van der Waals surface area contributed by atoms with E-state index in [1.54, 1.807) is 13.1 Å². The Morgan fingerprint density at radius 3 is 2.32 bits per heavy atom. The van der Waals surface area contributed by atoms with Gasteiger partial charge in [-0.2, -0.15) is 0 Å². The van der Waals surface area contributed by atoms with Crippen molar-refractivity contribution in [2.75, 3.05) is 7.05 Å². The molecule has 0 aliphatic heterocycles. The first-order chi connectivity index (χ1) is 9.17. The molecule has 1 N–H and O–H groups in total. The minimum Gasteiger partial charge on any atom is -0.309 e. The van der Waals surface area contributed by atoms with Gasteiger partial charge in [0.1, 0.15) is 0 Å². The molecule has 1 nitrogen and oxygen atoms in total. The maximum absolute atomic E-state index is 13.9. The van der Waals surface area contributed by atoms with Crippen LogP contribution in [-0.4, -0.2) is 7.05 Å². The van der Waals surface area contributed by atoms with Crippen LogP contribution in [0.5, 0.6) is 0 Å². The number of halogens is 2. The number of benzene rings is 2. The summed E-state index contributed by atoms with van der Waals surface area (Å²) in [7, 11) is 1.74. The van der Waals surface area contributed by atoms with Gasteiger partial charge in [0.2, 0.25) is 0 Å². The van der Waals surface area contributed by atoms with E-state index in [9.17, 15) is 8.78 Å². The first-order valence-electron chi connectivity index (χ1n) is 6.37. The molecule has 0 fully saturated rings. The standard InChI is InChI=1S/C16H17F2N/c1-3-11-7-9-12(10-8-11)16(19-2)13-5-4-6-14(17)15(13)18/h4-10,16,19H,3H2,1-2H3. The van der Waals surface area contributed by atoms with Crippen molar-refractivity contribution in [1.29, 1.82) is 0 Å². The van der Waals surface area contributed by atoms with Crippen molar-refractivity contribution >= 4 is 0 Å². The summed E-state index contributed by atoms with van der Waals surface area (Å²) in [5.41, 5.74) is 2.47. The molecule has 0 aromatic heterocycles. The number of hydrogen-bond donors (Lipinski definition) is 1. The molecule has 2 rings (SSSR count). The topological polar surface area (TPSA) is 12.0 Å². The van der Waals surface area contributed by atoms with E-state index in [2.05, 4.69) is 12.2 Å². The average molecular weight is 261 g/mol. The fraction of sp³-hybridized carbons (Fsp3) is 0.250. The van der Waals surface area contributed by atoms with E-state index < -0.39 is 11.6 Å². The van der Waals surface area contributed by atoms with Crippen LogP contribution in [0.1, 0.15) is 29.7 Å². The molecule has 3 heteroatoms. The van der Waals surface area contributed by atoms with Crippen LogP contribution in [0, 0.1) is 11.6 Å². The normalized spacial score (nSPS) is 12.4. The van der Waals surface area contributed by atoms with Crippen LogP contribution in [-0.2, 0) is 6.42 Å². The fourth-order valence-electron chi connectivity index (χ4n) is 2.19. The molecule has 0 spiro atoms. The third kappa shape index (κ3) is 2.82. The van der Waals surface area contributed by atoms with Gasteiger partial charge in [-0.05, 0) is 30.7 Å². The van der Waals surface area contributed by atoms with Gasteiger partial charge < -0.3 is 5.32 Å². The highest BCUT2D eigenvalue weighted by Gasteiger charge is 2.18. The third-order valence-corrected chi connectivity index (χ3v) is 3.30. The number of rotatable bonds is 4. The first kappa shape index (κ1) is 13.7. The lowest BCUT2D eigenvalue weighted by Crippen LogP contribution is -2.19. The Bertz CT molecular complexity index is 549. The van der Waals surface area contributed by atoms with Gasteiger partial charge in [-0.1, -0.05) is 43.3 Å². The summed E-state index contributed by atoms with van der Waals surface area (Å²) in [5, 5.41) is 3.03. The van der Waals surface area contributed by atoms with E-state index in [1.165, 1.54) is 11.6 Å². The van der Waals surface area contributed by atoms with Gasteiger partial charge in [0.15, 0.2) is 11.6 Å². The van der Waals surface area contributed by atoms with Gasteiger partial charge in [-0.3, -0.25) is 0 Å². The Balaban J connectivity index is 2.40.